The molecular weight excluding hydrogens is 404 g/mol. The molecule has 2 aliphatic rings. The van der Waals surface area contributed by atoms with Crippen LogP contribution in [0.5, 0.6) is 11.5 Å². The largest absolute Gasteiger partial charge is 0.493 e. The second-order valence-electron chi connectivity index (χ2n) is 8.55. The van der Waals surface area contributed by atoms with Crippen LogP contribution in [0.25, 0.3) is 0 Å². The molecular formula is C25H34N4O3. The molecule has 0 radical (unpaired) electrons. The molecule has 7 nitrogen and oxygen atoms in total. The van der Waals surface area contributed by atoms with E-state index >= 15 is 0 Å². The minimum absolute atomic E-state index is 0.160. The molecule has 4 rings (SSSR count). The Bertz CT molecular complexity index is 943. The average Bonchev–Trinajstić information content (AvgIpc) is 3.33. The predicted molar refractivity (Wildman–Crippen MR) is 128 cm³/mol. The van der Waals surface area contributed by atoms with Crippen LogP contribution in [0.3, 0.4) is 0 Å². The van der Waals surface area contributed by atoms with Crippen LogP contribution in [-0.4, -0.2) is 58.4 Å². The summed E-state index contributed by atoms with van der Waals surface area (Å²) in [6.45, 7) is 3.79. The fraction of sp³-hybridized carbons (Fsp3) is 0.480. The molecule has 2 aliphatic heterocycles. The molecule has 2 N–H and O–H groups in total. The monoisotopic (exact) mass is 438 g/mol. The zero-order chi connectivity index (χ0) is 22.5. The molecule has 172 valence electrons. The van der Waals surface area contributed by atoms with E-state index in [1.54, 1.807) is 26.4 Å². The molecule has 0 saturated carbocycles. The Morgan fingerprint density at radius 1 is 1.06 bits per heavy atom. The van der Waals surface area contributed by atoms with Crippen molar-refractivity contribution in [2.45, 2.75) is 31.7 Å². The average molecular weight is 439 g/mol. The summed E-state index contributed by atoms with van der Waals surface area (Å²) in [6, 6.07) is 12.2. The summed E-state index contributed by atoms with van der Waals surface area (Å²) in [6.07, 6.45) is 4.71. The number of likely N-dealkylation sites (tertiary alicyclic amines) is 1. The van der Waals surface area contributed by atoms with Crippen molar-refractivity contribution in [3.63, 3.8) is 0 Å². The van der Waals surface area contributed by atoms with Gasteiger partial charge >= 0.3 is 6.03 Å². The summed E-state index contributed by atoms with van der Waals surface area (Å²) >= 11 is 0. The lowest BCUT2D eigenvalue weighted by molar-refractivity contribution is 0.227. The Labute approximate surface area is 190 Å². The van der Waals surface area contributed by atoms with E-state index in [1.165, 1.54) is 36.1 Å². The summed E-state index contributed by atoms with van der Waals surface area (Å²) in [5, 5.41) is 5.99. The van der Waals surface area contributed by atoms with Crippen molar-refractivity contribution in [2.24, 2.45) is 0 Å². The quantitative estimate of drug-likeness (QED) is 0.683. The first-order valence-electron chi connectivity index (χ1n) is 11.4. The molecule has 1 fully saturated rings. The Kier molecular flexibility index (Phi) is 7.05. The summed E-state index contributed by atoms with van der Waals surface area (Å²) in [4.78, 5) is 17.6. The van der Waals surface area contributed by atoms with Gasteiger partial charge in [-0.25, -0.2) is 4.79 Å². The molecule has 2 heterocycles. The maximum Gasteiger partial charge on any atom is 0.319 e. The third-order valence-electron chi connectivity index (χ3n) is 6.53. The van der Waals surface area contributed by atoms with E-state index in [4.69, 9.17) is 9.47 Å². The normalized spacial score (nSPS) is 16.9. The lowest BCUT2D eigenvalue weighted by Crippen LogP contribution is -2.38. The standard InChI is InChI=1S/C25H34N4O3/c1-28-13-7-8-18-16-19(11-12-21(18)28)22(29-14-4-5-15-29)17-26-25(30)27-20-9-6-10-23(31-2)24(20)32-3/h6,9-12,16,22H,4-5,7-8,13-15,17H2,1-3H3,(H2,26,27,30)/t22-/m1/s1. The van der Waals surface area contributed by atoms with E-state index in [-0.39, 0.29) is 12.1 Å². The van der Waals surface area contributed by atoms with Crippen LogP contribution in [0, 0.1) is 0 Å². The molecule has 2 aromatic rings. The van der Waals surface area contributed by atoms with Crippen molar-refractivity contribution < 1.29 is 14.3 Å². The second kappa shape index (κ2) is 10.1. The number of methoxy groups -OCH3 is 2. The smallest absolute Gasteiger partial charge is 0.319 e. The van der Waals surface area contributed by atoms with Gasteiger partial charge in [-0.15, -0.1) is 0 Å². The Hall–Kier alpha value is -2.93. The fourth-order valence-corrected chi connectivity index (χ4v) is 4.86. The first-order valence-corrected chi connectivity index (χ1v) is 11.4. The lowest BCUT2D eigenvalue weighted by atomic mass is 9.96. The number of nitrogens with zero attached hydrogens (tertiary/aromatic N) is 2. The number of aryl methyl sites for hydroxylation is 1. The summed E-state index contributed by atoms with van der Waals surface area (Å²) in [7, 11) is 5.31. The number of urea groups is 1. The van der Waals surface area contributed by atoms with Crippen LogP contribution >= 0.6 is 0 Å². The van der Waals surface area contributed by atoms with E-state index in [9.17, 15) is 4.79 Å². The highest BCUT2D eigenvalue weighted by Crippen LogP contribution is 2.35. The maximum absolute atomic E-state index is 12.8. The van der Waals surface area contributed by atoms with Crippen LogP contribution in [0.15, 0.2) is 36.4 Å². The molecule has 7 heteroatoms. The number of hydrogen-bond acceptors (Lipinski definition) is 5. The number of carbonyl (C=O) groups is 1. The Balaban J connectivity index is 1.48. The summed E-state index contributed by atoms with van der Waals surface area (Å²) < 4.78 is 10.8. The third kappa shape index (κ3) is 4.78. The van der Waals surface area contributed by atoms with Gasteiger partial charge in [0, 0.05) is 25.8 Å². The number of nitrogens with one attached hydrogen (secondary N) is 2. The zero-order valence-electron chi connectivity index (χ0n) is 19.3. The minimum Gasteiger partial charge on any atom is -0.493 e. The number of anilines is 2. The number of ether oxygens (including phenoxy) is 2. The van der Waals surface area contributed by atoms with Crippen LogP contribution in [-0.2, 0) is 6.42 Å². The van der Waals surface area contributed by atoms with Gasteiger partial charge in [-0.05, 0) is 68.1 Å². The van der Waals surface area contributed by atoms with Gasteiger partial charge in [-0.3, -0.25) is 4.90 Å². The molecule has 1 atom stereocenters. The summed E-state index contributed by atoms with van der Waals surface area (Å²) in [5.74, 6) is 1.10. The highest BCUT2D eigenvalue weighted by atomic mass is 16.5. The van der Waals surface area contributed by atoms with Crippen molar-refractivity contribution in [3.05, 3.63) is 47.5 Å². The minimum atomic E-state index is -0.251. The van der Waals surface area contributed by atoms with Gasteiger partial charge in [0.1, 0.15) is 0 Å². The lowest BCUT2D eigenvalue weighted by Gasteiger charge is -2.32. The van der Waals surface area contributed by atoms with Crippen LogP contribution in [0.1, 0.15) is 36.4 Å². The molecule has 2 amide bonds. The van der Waals surface area contributed by atoms with Gasteiger partial charge in [0.05, 0.1) is 25.9 Å². The first kappa shape index (κ1) is 22.3. The van der Waals surface area contributed by atoms with E-state index in [0.29, 0.717) is 23.7 Å². The van der Waals surface area contributed by atoms with Crippen molar-refractivity contribution in [1.29, 1.82) is 0 Å². The fourth-order valence-electron chi connectivity index (χ4n) is 4.86. The van der Waals surface area contributed by atoms with Crippen molar-refractivity contribution >= 4 is 17.4 Å². The van der Waals surface area contributed by atoms with E-state index in [0.717, 1.165) is 26.1 Å². The number of rotatable bonds is 7. The first-order chi connectivity index (χ1) is 15.6. The molecule has 32 heavy (non-hydrogen) atoms. The molecule has 1 saturated heterocycles. The van der Waals surface area contributed by atoms with Gasteiger partial charge in [0.25, 0.3) is 0 Å². The topological polar surface area (TPSA) is 66.1 Å². The Morgan fingerprint density at radius 3 is 2.62 bits per heavy atom. The maximum atomic E-state index is 12.8. The predicted octanol–water partition coefficient (Wildman–Crippen LogP) is 4.04. The highest BCUT2D eigenvalue weighted by Gasteiger charge is 2.26. The third-order valence-corrected chi connectivity index (χ3v) is 6.53. The molecule has 0 unspecified atom stereocenters. The summed E-state index contributed by atoms with van der Waals surface area (Å²) in [5.41, 5.74) is 4.60. The number of fused-ring (bicyclic) bond motifs is 1. The van der Waals surface area contributed by atoms with E-state index in [2.05, 4.69) is 45.7 Å². The van der Waals surface area contributed by atoms with Gasteiger partial charge in [-0.1, -0.05) is 18.2 Å². The van der Waals surface area contributed by atoms with Crippen molar-refractivity contribution in [3.8, 4) is 11.5 Å². The van der Waals surface area contributed by atoms with Crippen molar-refractivity contribution in [2.75, 3.05) is 57.7 Å². The molecule has 0 aromatic heterocycles. The molecule has 0 bridgehead atoms. The van der Waals surface area contributed by atoms with Crippen LogP contribution < -0.4 is 25.0 Å². The van der Waals surface area contributed by atoms with Gasteiger partial charge in [-0.2, -0.15) is 0 Å². The molecule has 0 aliphatic carbocycles. The number of para-hydroxylation sites is 1. The molecule has 2 aromatic carbocycles. The molecule has 0 spiro atoms. The highest BCUT2D eigenvalue weighted by molar-refractivity contribution is 5.91. The number of benzene rings is 2. The zero-order valence-corrected chi connectivity index (χ0v) is 19.3. The SMILES string of the molecule is COc1cccc(NC(=O)NC[C@H](c2ccc3c(c2)CCCN3C)N2CCCC2)c1OC. The van der Waals surface area contributed by atoms with Gasteiger partial charge in [0.2, 0.25) is 0 Å². The van der Waals surface area contributed by atoms with Gasteiger partial charge < -0.3 is 25.0 Å². The number of hydrogen-bond donors (Lipinski definition) is 2. The van der Waals surface area contributed by atoms with Crippen LogP contribution in [0.4, 0.5) is 16.2 Å². The van der Waals surface area contributed by atoms with E-state index < -0.39 is 0 Å². The van der Waals surface area contributed by atoms with Gasteiger partial charge in [0.15, 0.2) is 11.5 Å². The van der Waals surface area contributed by atoms with Crippen LogP contribution in [0.2, 0.25) is 0 Å². The van der Waals surface area contributed by atoms with E-state index in [1.807, 2.05) is 6.07 Å². The number of carbonyl (C=O) groups excluding carboxylic acids is 1. The van der Waals surface area contributed by atoms with Crippen molar-refractivity contribution in [1.82, 2.24) is 10.2 Å². The second-order valence-corrected chi connectivity index (χ2v) is 8.55. The number of amides is 2. The Morgan fingerprint density at radius 2 is 1.88 bits per heavy atom.